The van der Waals surface area contributed by atoms with E-state index in [2.05, 4.69) is 4.52 Å². The summed E-state index contributed by atoms with van der Waals surface area (Å²) in [7, 11) is -5.01. The molecule has 2 unspecified atom stereocenters. The van der Waals surface area contributed by atoms with Crippen LogP contribution in [0, 0.1) is 0 Å². The number of rotatable bonds is 2. The van der Waals surface area contributed by atoms with Gasteiger partial charge in [0.05, 0.1) is 0 Å². The zero-order valence-corrected chi connectivity index (χ0v) is 13.4. The lowest BCUT2D eigenvalue weighted by Gasteiger charge is -2.41. The van der Waals surface area contributed by atoms with Gasteiger partial charge in [0.2, 0.25) is 0 Å². The van der Waals surface area contributed by atoms with E-state index >= 15 is 0 Å². The summed E-state index contributed by atoms with van der Waals surface area (Å²) < 4.78 is 14.5. The Hall–Kier alpha value is -0.130. The van der Waals surface area contributed by atoms with E-state index in [9.17, 15) is 25.0 Å². The van der Waals surface area contributed by atoms with Crippen LogP contribution in [0.2, 0.25) is 0 Å². The van der Waals surface area contributed by atoms with Gasteiger partial charge in [0.15, 0.2) is 0 Å². The Morgan fingerprint density at radius 1 is 0.783 bits per heavy atom. The summed E-state index contributed by atoms with van der Waals surface area (Å²) in [5.41, 5.74) is 5.63. The van der Waals surface area contributed by atoms with Gasteiger partial charge in [-0.3, -0.25) is 4.52 Å². The lowest BCUT2D eigenvalue weighted by molar-refractivity contribution is -0.219. The zero-order chi connectivity index (χ0) is 17.8. The van der Waals surface area contributed by atoms with Crippen molar-refractivity contribution in [1.29, 1.82) is 0 Å². The largest absolute Gasteiger partial charge is 0.470 e. The zero-order valence-electron chi connectivity index (χ0n) is 12.5. The van der Waals surface area contributed by atoms with Crippen LogP contribution in [0.4, 0.5) is 0 Å². The Morgan fingerprint density at radius 3 is 1.48 bits per heavy atom. The number of aliphatic hydroxyl groups is 5. The maximum atomic E-state index is 10.5. The number of hydrogen-bond acceptors (Lipinski definition) is 8. The van der Waals surface area contributed by atoms with Gasteiger partial charge in [-0.2, -0.15) is 0 Å². The van der Waals surface area contributed by atoms with Crippen LogP contribution in [0.15, 0.2) is 0 Å². The molecular weight excluding hydrogens is 333 g/mol. The fraction of sp³-hybridized carbons (Fsp3) is 1.00. The van der Waals surface area contributed by atoms with E-state index in [1.807, 2.05) is 0 Å². The van der Waals surface area contributed by atoms with Crippen LogP contribution in [0.3, 0.4) is 0 Å². The highest BCUT2D eigenvalue weighted by molar-refractivity contribution is 7.46. The van der Waals surface area contributed by atoms with E-state index < -0.39 is 44.4 Å². The Kier molecular flexibility index (Phi) is 8.02. The third kappa shape index (κ3) is 6.35. The maximum absolute atomic E-state index is 10.5. The molecule has 2 aliphatic rings. The first kappa shape index (κ1) is 20.9. The summed E-state index contributed by atoms with van der Waals surface area (Å²) in [5.74, 6) is 0. The van der Waals surface area contributed by atoms with Crippen LogP contribution in [-0.4, -0.2) is 78.0 Å². The summed E-state index contributed by atoms with van der Waals surface area (Å²) in [5, 5.41) is 46.1. The fourth-order valence-corrected chi connectivity index (χ4v) is 3.18. The van der Waals surface area contributed by atoms with Gasteiger partial charge in [-0.25, -0.2) is 4.57 Å². The van der Waals surface area contributed by atoms with E-state index in [4.69, 9.17) is 20.6 Å². The van der Waals surface area contributed by atoms with Gasteiger partial charge in [-0.05, 0) is 12.8 Å². The predicted molar refractivity (Wildman–Crippen MR) is 78.0 cm³/mol. The van der Waals surface area contributed by atoms with Gasteiger partial charge in [0, 0.05) is 6.04 Å². The van der Waals surface area contributed by atoms with Gasteiger partial charge in [0.25, 0.3) is 0 Å². The second-order valence-electron chi connectivity index (χ2n) is 5.91. The molecule has 2 aliphatic carbocycles. The van der Waals surface area contributed by atoms with Gasteiger partial charge < -0.3 is 41.1 Å². The number of phosphoric ester groups is 1. The second kappa shape index (κ2) is 8.82. The molecule has 0 aromatic heterocycles. The van der Waals surface area contributed by atoms with Crippen molar-refractivity contribution in [1.82, 2.24) is 0 Å². The van der Waals surface area contributed by atoms with E-state index in [0.29, 0.717) is 6.04 Å². The highest BCUT2D eigenvalue weighted by atomic mass is 31.2. The molecule has 0 heterocycles. The van der Waals surface area contributed by atoms with Crippen LogP contribution in [-0.2, 0) is 9.09 Å². The molecule has 0 aromatic rings. The van der Waals surface area contributed by atoms with Crippen molar-refractivity contribution >= 4 is 7.82 Å². The summed E-state index contributed by atoms with van der Waals surface area (Å²) in [6.45, 7) is 0. The lowest BCUT2D eigenvalue weighted by atomic mass is 9.85. The van der Waals surface area contributed by atoms with Crippen molar-refractivity contribution in [3.05, 3.63) is 0 Å². The molecule has 0 amide bonds. The Morgan fingerprint density at radius 2 is 1.17 bits per heavy atom. The van der Waals surface area contributed by atoms with E-state index in [-0.39, 0.29) is 0 Å². The molecule has 0 bridgehead atoms. The van der Waals surface area contributed by atoms with Crippen molar-refractivity contribution in [3.63, 3.8) is 0 Å². The number of phosphoric acid groups is 1. The molecule has 2 rings (SSSR count). The third-order valence-electron chi connectivity index (χ3n) is 3.98. The molecule has 6 atom stereocenters. The summed E-state index contributed by atoms with van der Waals surface area (Å²) in [4.78, 5) is 17.0. The molecule has 10 nitrogen and oxygen atoms in total. The quantitative estimate of drug-likeness (QED) is 0.245. The number of nitrogens with two attached hydrogens (primary N) is 1. The first-order valence-corrected chi connectivity index (χ1v) is 8.97. The van der Waals surface area contributed by atoms with Crippen LogP contribution in [0.25, 0.3) is 0 Å². The van der Waals surface area contributed by atoms with Gasteiger partial charge in [-0.1, -0.05) is 19.3 Å². The smallest absolute Gasteiger partial charge is 0.387 e. The summed E-state index contributed by atoms with van der Waals surface area (Å²) >= 11 is 0. The average molecular weight is 359 g/mol. The minimum Gasteiger partial charge on any atom is -0.387 e. The van der Waals surface area contributed by atoms with Crippen molar-refractivity contribution in [2.75, 3.05) is 0 Å². The third-order valence-corrected chi connectivity index (χ3v) is 4.50. The predicted octanol–water partition coefficient (Wildman–Crippen LogP) is -2.44. The first-order valence-electron chi connectivity index (χ1n) is 7.44. The number of aliphatic hydroxyl groups excluding tert-OH is 5. The molecule has 0 aliphatic heterocycles. The minimum atomic E-state index is -5.01. The molecule has 2 fully saturated rings. The standard InChI is InChI=1S/C6H13N.C6H13O9P/c7-6-4-2-1-3-5-6;7-1-2(8)4(10)6(5(11)3(1)9)15-16(12,13)14/h6H,1-5,7H2;1-11H,(H2,12,13,14)/t;1?,2-,3+,4-,5-,6?/m.1/s1. The summed E-state index contributed by atoms with van der Waals surface area (Å²) in [6, 6.07) is 0.536. The molecule has 0 aromatic carbocycles. The van der Waals surface area contributed by atoms with Gasteiger partial charge in [-0.15, -0.1) is 0 Å². The van der Waals surface area contributed by atoms with Gasteiger partial charge in [0.1, 0.15) is 36.6 Å². The molecule has 0 radical (unpaired) electrons. The SMILES string of the molecule is NC1CCCCC1.O=P(O)(O)OC1[C@H](O)[C@H](O)C(O)[C@H](O)[C@H]1O. The second-order valence-corrected chi connectivity index (χ2v) is 7.10. The topological polar surface area (TPSA) is 194 Å². The van der Waals surface area contributed by atoms with E-state index in [1.165, 1.54) is 32.1 Å². The molecule has 2 saturated carbocycles. The molecule has 0 saturated heterocycles. The van der Waals surface area contributed by atoms with E-state index in [0.717, 1.165) is 0 Å². The Bertz CT molecular complexity index is 384. The van der Waals surface area contributed by atoms with Gasteiger partial charge >= 0.3 is 7.82 Å². The minimum absolute atomic E-state index is 0.536. The van der Waals surface area contributed by atoms with Crippen molar-refractivity contribution in [3.8, 4) is 0 Å². The Labute approximate surface area is 133 Å². The van der Waals surface area contributed by atoms with Crippen molar-refractivity contribution < 1.29 is 44.4 Å². The van der Waals surface area contributed by atoms with Crippen LogP contribution in [0.1, 0.15) is 32.1 Å². The van der Waals surface area contributed by atoms with Crippen LogP contribution in [0.5, 0.6) is 0 Å². The first-order chi connectivity index (χ1) is 10.5. The Balaban J connectivity index is 0.000000313. The van der Waals surface area contributed by atoms with Crippen LogP contribution < -0.4 is 5.73 Å². The molecule has 0 spiro atoms. The monoisotopic (exact) mass is 359 g/mol. The van der Waals surface area contributed by atoms with Crippen molar-refractivity contribution in [2.45, 2.75) is 74.8 Å². The number of hydrogen-bond donors (Lipinski definition) is 8. The average Bonchev–Trinajstić information content (AvgIpc) is 2.48. The van der Waals surface area contributed by atoms with E-state index in [1.54, 1.807) is 0 Å². The molecular formula is C12H26NO9P. The highest BCUT2D eigenvalue weighted by Gasteiger charge is 2.50. The summed E-state index contributed by atoms with van der Waals surface area (Å²) in [6.07, 6.45) is -4.68. The highest BCUT2D eigenvalue weighted by Crippen LogP contribution is 2.41. The normalized spacial score (nSPS) is 39.5. The molecule has 138 valence electrons. The fourth-order valence-electron chi connectivity index (χ4n) is 2.61. The maximum Gasteiger partial charge on any atom is 0.470 e. The molecule has 11 heteroatoms. The molecule has 23 heavy (non-hydrogen) atoms. The lowest BCUT2D eigenvalue weighted by Crippen LogP contribution is -2.64. The molecule has 9 N–H and O–H groups in total. The van der Waals surface area contributed by atoms with Crippen molar-refractivity contribution in [2.24, 2.45) is 5.73 Å². The van der Waals surface area contributed by atoms with Crippen LogP contribution >= 0.6 is 7.82 Å².